The number of ether oxygens (including phenoxy) is 1. The molecule has 1 aromatic carbocycles. The van der Waals surface area contributed by atoms with E-state index in [2.05, 4.69) is 44.0 Å². The van der Waals surface area contributed by atoms with E-state index in [0.29, 0.717) is 5.88 Å². The zero-order valence-electron chi connectivity index (χ0n) is 10.2. The molecule has 2 aromatic rings. The van der Waals surface area contributed by atoms with Crippen LogP contribution in [0.3, 0.4) is 0 Å². The molecule has 0 saturated carbocycles. The second kappa shape index (κ2) is 3.78. The van der Waals surface area contributed by atoms with Gasteiger partial charge in [0.2, 0.25) is 5.88 Å². The first-order valence-corrected chi connectivity index (χ1v) is 5.45. The van der Waals surface area contributed by atoms with Crippen LogP contribution >= 0.6 is 0 Å². The molecule has 0 amide bonds. The molecule has 2 heteroatoms. The number of nitrogens with zero attached hydrogens (tertiary/aromatic N) is 1. The third-order valence-corrected chi connectivity index (χ3v) is 2.77. The molecule has 0 unspecified atom stereocenters. The Kier molecular flexibility index (Phi) is 2.58. The number of hydrogen-bond donors (Lipinski definition) is 0. The van der Waals surface area contributed by atoms with Crippen LogP contribution in [-0.2, 0) is 5.41 Å². The molecule has 2 rings (SSSR count). The summed E-state index contributed by atoms with van der Waals surface area (Å²) in [5.41, 5.74) is 1.50. The quantitative estimate of drug-likeness (QED) is 0.726. The van der Waals surface area contributed by atoms with Crippen molar-refractivity contribution in [3.8, 4) is 5.88 Å². The Morgan fingerprint density at radius 1 is 1.06 bits per heavy atom. The molecule has 0 aliphatic heterocycles. The Bertz CT molecular complexity index is 512. The molecule has 0 aliphatic carbocycles. The van der Waals surface area contributed by atoms with Gasteiger partial charge in [0.25, 0.3) is 0 Å². The second-order valence-corrected chi connectivity index (χ2v) is 5.04. The first kappa shape index (κ1) is 10.9. The third kappa shape index (κ3) is 2.01. The first-order valence-electron chi connectivity index (χ1n) is 5.45. The summed E-state index contributed by atoms with van der Waals surface area (Å²) < 4.78 is 5.11. The maximum atomic E-state index is 5.11. The van der Waals surface area contributed by atoms with Crippen LogP contribution in [0, 0.1) is 0 Å². The van der Waals surface area contributed by atoms with E-state index in [1.54, 1.807) is 7.11 Å². The molecule has 84 valence electrons. The fraction of sp³-hybridized carbons (Fsp3) is 0.357. The largest absolute Gasteiger partial charge is 0.481 e. The van der Waals surface area contributed by atoms with Gasteiger partial charge in [-0.3, -0.25) is 0 Å². The molecular formula is C14H17NO. The highest BCUT2D eigenvalue weighted by atomic mass is 16.5. The van der Waals surface area contributed by atoms with Gasteiger partial charge in [0.05, 0.1) is 7.11 Å². The zero-order chi connectivity index (χ0) is 11.8. The molecule has 1 aromatic heterocycles. The highest BCUT2D eigenvalue weighted by Gasteiger charge is 2.13. The van der Waals surface area contributed by atoms with E-state index in [4.69, 9.17) is 4.74 Å². The molecule has 16 heavy (non-hydrogen) atoms. The Morgan fingerprint density at radius 3 is 2.44 bits per heavy atom. The molecule has 0 fully saturated rings. The summed E-state index contributed by atoms with van der Waals surface area (Å²) in [7, 11) is 1.64. The number of benzene rings is 1. The zero-order valence-corrected chi connectivity index (χ0v) is 10.2. The standard InChI is InChI=1S/C14H17NO/c1-14(2,3)12-6-5-10-8-13(16-4)15-9-11(10)7-12/h5-9H,1-4H3. The smallest absolute Gasteiger partial charge is 0.213 e. The van der Waals surface area contributed by atoms with Crippen molar-refractivity contribution in [2.75, 3.05) is 7.11 Å². The molecule has 0 spiro atoms. The summed E-state index contributed by atoms with van der Waals surface area (Å²) in [5, 5.41) is 2.33. The maximum Gasteiger partial charge on any atom is 0.213 e. The number of pyridine rings is 1. The van der Waals surface area contributed by atoms with Gasteiger partial charge in [-0.15, -0.1) is 0 Å². The molecule has 0 N–H and O–H groups in total. The minimum atomic E-state index is 0.175. The fourth-order valence-electron chi connectivity index (χ4n) is 1.70. The van der Waals surface area contributed by atoms with Gasteiger partial charge in [-0.1, -0.05) is 32.9 Å². The van der Waals surface area contributed by atoms with Crippen molar-refractivity contribution < 1.29 is 4.74 Å². The normalized spacial score (nSPS) is 11.8. The Balaban J connectivity index is 2.56. The molecule has 2 nitrogen and oxygen atoms in total. The van der Waals surface area contributed by atoms with Gasteiger partial charge in [0, 0.05) is 17.6 Å². The van der Waals surface area contributed by atoms with Crippen molar-refractivity contribution in [1.29, 1.82) is 0 Å². The summed E-state index contributed by atoms with van der Waals surface area (Å²) in [6.45, 7) is 6.64. The van der Waals surface area contributed by atoms with Crippen LogP contribution in [0.2, 0.25) is 0 Å². The summed E-state index contributed by atoms with van der Waals surface area (Å²) in [5.74, 6) is 0.663. The van der Waals surface area contributed by atoms with Gasteiger partial charge in [-0.05, 0) is 22.4 Å². The Morgan fingerprint density at radius 2 is 1.81 bits per heavy atom. The molecule has 1 heterocycles. The van der Waals surface area contributed by atoms with Crippen LogP contribution in [0.25, 0.3) is 10.8 Å². The summed E-state index contributed by atoms with van der Waals surface area (Å²) >= 11 is 0. The van der Waals surface area contributed by atoms with Crippen LogP contribution in [0.1, 0.15) is 26.3 Å². The van der Waals surface area contributed by atoms with Crippen LogP contribution in [0.4, 0.5) is 0 Å². The Labute approximate surface area is 96.3 Å². The topological polar surface area (TPSA) is 22.1 Å². The van der Waals surface area contributed by atoms with E-state index in [-0.39, 0.29) is 5.41 Å². The van der Waals surface area contributed by atoms with Crippen molar-refractivity contribution in [1.82, 2.24) is 4.98 Å². The Hall–Kier alpha value is -1.57. The third-order valence-electron chi connectivity index (χ3n) is 2.77. The second-order valence-electron chi connectivity index (χ2n) is 5.04. The minimum Gasteiger partial charge on any atom is -0.481 e. The lowest BCUT2D eigenvalue weighted by Crippen LogP contribution is -2.10. The molecule has 0 aliphatic rings. The molecule has 0 bridgehead atoms. The van der Waals surface area contributed by atoms with Crippen LogP contribution in [0.5, 0.6) is 5.88 Å². The summed E-state index contributed by atoms with van der Waals surface area (Å²) in [6, 6.07) is 8.45. The van der Waals surface area contributed by atoms with Gasteiger partial charge >= 0.3 is 0 Å². The van der Waals surface area contributed by atoms with Gasteiger partial charge < -0.3 is 4.74 Å². The average Bonchev–Trinajstić information content (AvgIpc) is 2.26. The summed E-state index contributed by atoms with van der Waals surface area (Å²) in [4.78, 5) is 4.23. The lowest BCUT2D eigenvalue weighted by molar-refractivity contribution is 0.399. The minimum absolute atomic E-state index is 0.175. The first-order chi connectivity index (χ1) is 7.50. The highest BCUT2D eigenvalue weighted by Crippen LogP contribution is 2.26. The van der Waals surface area contributed by atoms with Gasteiger partial charge in [0.1, 0.15) is 0 Å². The highest BCUT2D eigenvalue weighted by molar-refractivity contribution is 5.83. The molecule has 0 saturated heterocycles. The number of aromatic nitrogens is 1. The van der Waals surface area contributed by atoms with E-state index in [1.807, 2.05) is 12.3 Å². The monoisotopic (exact) mass is 215 g/mol. The molecular weight excluding hydrogens is 198 g/mol. The van der Waals surface area contributed by atoms with Crippen LogP contribution < -0.4 is 4.74 Å². The SMILES string of the molecule is COc1cc2ccc(C(C)(C)C)cc2cn1. The van der Waals surface area contributed by atoms with Crippen molar-refractivity contribution in [3.05, 3.63) is 36.0 Å². The van der Waals surface area contributed by atoms with E-state index in [0.717, 1.165) is 5.39 Å². The van der Waals surface area contributed by atoms with Crippen molar-refractivity contribution >= 4 is 10.8 Å². The average molecular weight is 215 g/mol. The number of hydrogen-bond acceptors (Lipinski definition) is 2. The number of rotatable bonds is 1. The van der Waals surface area contributed by atoms with Gasteiger partial charge in [-0.2, -0.15) is 0 Å². The predicted molar refractivity (Wildman–Crippen MR) is 67.0 cm³/mol. The van der Waals surface area contributed by atoms with Crippen LogP contribution in [0.15, 0.2) is 30.5 Å². The predicted octanol–water partition coefficient (Wildman–Crippen LogP) is 3.54. The van der Waals surface area contributed by atoms with Crippen molar-refractivity contribution in [2.24, 2.45) is 0 Å². The van der Waals surface area contributed by atoms with E-state index < -0.39 is 0 Å². The van der Waals surface area contributed by atoms with E-state index in [1.165, 1.54) is 10.9 Å². The number of methoxy groups -OCH3 is 1. The van der Waals surface area contributed by atoms with E-state index in [9.17, 15) is 0 Å². The van der Waals surface area contributed by atoms with E-state index >= 15 is 0 Å². The van der Waals surface area contributed by atoms with Gasteiger partial charge in [0.15, 0.2) is 0 Å². The molecule has 0 atom stereocenters. The van der Waals surface area contributed by atoms with Crippen molar-refractivity contribution in [3.63, 3.8) is 0 Å². The van der Waals surface area contributed by atoms with Gasteiger partial charge in [-0.25, -0.2) is 4.98 Å². The lowest BCUT2D eigenvalue weighted by atomic mass is 9.86. The van der Waals surface area contributed by atoms with Crippen LogP contribution in [-0.4, -0.2) is 12.1 Å². The summed E-state index contributed by atoms with van der Waals surface area (Å²) in [6.07, 6.45) is 1.86. The maximum absolute atomic E-state index is 5.11. The lowest BCUT2D eigenvalue weighted by Gasteiger charge is -2.19. The molecule has 0 radical (unpaired) electrons. The van der Waals surface area contributed by atoms with Crippen molar-refractivity contribution in [2.45, 2.75) is 26.2 Å². The fourth-order valence-corrected chi connectivity index (χ4v) is 1.70. The number of fused-ring (bicyclic) bond motifs is 1.